The van der Waals surface area contributed by atoms with Gasteiger partial charge in [-0.15, -0.1) is 11.3 Å². The van der Waals surface area contributed by atoms with E-state index in [1.165, 1.54) is 86.6 Å². The van der Waals surface area contributed by atoms with Crippen molar-refractivity contribution in [3.63, 3.8) is 0 Å². The van der Waals surface area contributed by atoms with Gasteiger partial charge >= 0.3 is 0 Å². The molecule has 0 fully saturated rings. The van der Waals surface area contributed by atoms with Crippen LogP contribution in [0.1, 0.15) is 22.3 Å². The highest BCUT2D eigenvalue weighted by molar-refractivity contribution is 7.25. The van der Waals surface area contributed by atoms with Crippen molar-refractivity contribution in [2.75, 3.05) is 4.90 Å². The maximum atomic E-state index is 2.54. The third kappa shape index (κ3) is 5.53. The molecule has 0 aliphatic heterocycles. The number of anilines is 3. The van der Waals surface area contributed by atoms with Gasteiger partial charge in [0, 0.05) is 37.0 Å². The van der Waals surface area contributed by atoms with Crippen molar-refractivity contribution in [1.29, 1.82) is 0 Å². The smallest absolute Gasteiger partial charge is 0.0714 e. The van der Waals surface area contributed by atoms with Gasteiger partial charge in [-0.2, -0.15) is 0 Å². The Labute approximate surface area is 360 Å². The summed E-state index contributed by atoms with van der Waals surface area (Å²) < 4.78 is 2.59. The van der Waals surface area contributed by atoms with Crippen LogP contribution >= 0.6 is 11.3 Å². The summed E-state index contributed by atoms with van der Waals surface area (Å²) in [6.07, 6.45) is 0. The van der Waals surface area contributed by atoms with Crippen LogP contribution < -0.4 is 4.90 Å². The van der Waals surface area contributed by atoms with Crippen molar-refractivity contribution >= 4 is 59.3 Å². The molecule has 1 heterocycles. The quantitative estimate of drug-likeness (QED) is 0.155. The molecule has 1 aliphatic rings. The maximum Gasteiger partial charge on any atom is 0.0714 e. The molecule has 0 spiro atoms. The molecule has 61 heavy (non-hydrogen) atoms. The van der Waals surface area contributed by atoms with E-state index in [2.05, 4.69) is 241 Å². The van der Waals surface area contributed by atoms with E-state index in [9.17, 15) is 0 Å². The van der Waals surface area contributed by atoms with Crippen molar-refractivity contribution in [3.05, 3.63) is 259 Å². The molecular formula is C59H39NS. The fourth-order valence-electron chi connectivity index (χ4n) is 10.2. The third-order valence-corrected chi connectivity index (χ3v) is 13.9. The molecule has 1 aliphatic carbocycles. The van der Waals surface area contributed by atoms with Crippen molar-refractivity contribution < 1.29 is 0 Å². The number of nitrogens with zero attached hydrogens (tertiary/aromatic N) is 1. The van der Waals surface area contributed by atoms with Crippen LogP contribution in [0.2, 0.25) is 0 Å². The lowest BCUT2D eigenvalue weighted by molar-refractivity contribution is 0.768. The predicted molar refractivity (Wildman–Crippen MR) is 260 cm³/mol. The van der Waals surface area contributed by atoms with Crippen LogP contribution in [0.5, 0.6) is 0 Å². The van der Waals surface area contributed by atoms with Gasteiger partial charge in [-0.25, -0.2) is 0 Å². The summed E-state index contributed by atoms with van der Waals surface area (Å²) >= 11 is 1.86. The summed E-state index contributed by atoms with van der Waals surface area (Å²) in [6, 6.07) is 87.5. The normalized spacial score (nSPS) is 12.7. The first-order valence-electron chi connectivity index (χ1n) is 21.0. The number of para-hydroxylation sites is 1. The second-order valence-electron chi connectivity index (χ2n) is 16.0. The van der Waals surface area contributed by atoms with Crippen LogP contribution in [-0.4, -0.2) is 0 Å². The molecule has 0 atom stereocenters. The predicted octanol–water partition coefficient (Wildman–Crippen LogP) is 16.4. The zero-order valence-corrected chi connectivity index (χ0v) is 34.2. The molecule has 2 heteroatoms. The van der Waals surface area contributed by atoms with E-state index in [4.69, 9.17) is 0 Å². The number of hydrogen-bond donors (Lipinski definition) is 0. The van der Waals surface area contributed by atoms with E-state index in [0.29, 0.717) is 0 Å². The van der Waals surface area contributed by atoms with E-state index in [1.54, 1.807) is 0 Å². The first kappa shape index (κ1) is 35.4. The molecule has 12 rings (SSSR count). The largest absolute Gasteiger partial charge is 0.309 e. The van der Waals surface area contributed by atoms with Gasteiger partial charge in [-0.3, -0.25) is 0 Å². The summed E-state index contributed by atoms with van der Waals surface area (Å²) in [6.45, 7) is 0. The number of benzene rings is 10. The van der Waals surface area contributed by atoms with Gasteiger partial charge in [-0.1, -0.05) is 194 Å². The number of thiophene rings is 1. The molecule has 0 N–H and O–H groups in total. The fourth-order valence-corrected chi connectivity index (χ4v) is 11.3. The van der Waals surface area contributed by atoms with Gasteiger partial charge in [0.05, 0.1) is 16.8 Å². The number of fused-ring (bicyclic) bond motifs is 7. The van der Waals surface area contributed by atoms with E-state index in [0.717, 1.165) is 17.1 Å². The topological polar surface area (TPSA) is 3.24 Å². The zero-order valence-electron chi connectivity index (χ0n) is 33.4. The first-order valence-corrected chi connectivity index (χ1v) is 21.8. The Morgan fingerprint density at radius 2 is 0.902 bits per heavy atom. The summed E-state index contributed by atoms with van der Waals surface area (Å²) in [5.41, 5.74) is 15.2. The molecule has 0 saturated carbocycles. The van der Waals surface area contributed by atoms with E-state index in [1.807, 2.05) is 11.3 Å². The Balaban J connectivity index is 1.14. The second-order valence-corrected chi connectivity index (χ2v) is 17.0. The summed E-state index contributed by atoms with van der Waals surface area (Å²) in [5.74, 6) is 0. The average molecular weight is 794 g/mol. The Morgan fingerprint density at radius 1 is 0.344 bits per heavy atom. The molecule has 0 unspecified atom stereocenters. The Morgan fingerprint density at radius 3 is 1.72 bits per heavy atom. The molecule has 0 saturated heterocycles. The molecule has 11 aromatic rings. The van der Waals surface area contributed by atoms with Crippen molar-refractivity contribution in [2.24, 2.45) is 0 Å². The van der Waals surface area contributed by atoms with Gasteiger partial charge in [-0.05, 0) is 97.7 Å². The summed E-state index contributed by atoms with van der Waals surface area (Å²) in [5, 5.41) is 5.06. The molecule has 0 radical (unpaired) electrons. The Kier molecular flexibility index (Phi) is 8.33. The van der Waals surface area contributed by atoms with Crippen molar-refractivity contribution in [3.8, 4) is 33.4 Å². The van der Waals surface area contributed by atoms with Crippen LogP contribution in [0.3, 0.4) is 0 Å². The first-order chi connectivity index (χ1) is 30.3. The van der Waals surface area contributed by atoms with E-state index in [-0.39, 0.29) is 0 Å². The SMILES string of the molecule is c1ccc(C2(c3ccccc3)c3ccccc3-c3c(N(c4ccc5sc6ccccc6c5c4)c4ccccc4-c4cccc(-c5cccc6ccccc56)c4)cccc32)cc1. The average Bonchev–Trinajstić information content (AvgIpc) is 3.86. The van der Waals surface area contributed by atoms with Crippen LogP contribution in [-0.2, 0) is 5.41 Å². The molecule has 0 amide bonds. The number of rotatable bonds is 7. The lowest BCUT2D eigenvalue weighted by atomic mass is 9.68. The molecule has 1 nitrogen and oxygen atoms in total. The van der Waals surface area contributed by atoms with Crippen LogP contribution in [0.4, 0.5) is 17.1 Å². The zero-order chi connectivity index (χ0) is 40.3. The minimum atomic E-state index is -0.518. The summed E-state index contributed by atoms with van der Waals surface area (Å²) in [4.78, 5) is 2.54. The van der Waals surface area contributed by atoms with Gasteiger partial charge in [0.25, 0.3) is 0 Å². The third-order valence-electron chi connectivity index (χ3n) is 12.7. The Hall–Kier alpha value is -7.52. The van der Waals surface area contributed by atoms with Gasteiger partial charge in [0.15, 0.2) is 0 Å². The standard InChI is InChI=1S/C59H39NS/c1-3-22-43(23-4-1)59(44-24-5-2-6-25-44)52-31-12-9-29-50(52)58-53(59)32-17-34-55(58)60(45-36-37-57-51(39-45)49-28-11-14-35-56(49)61-57)54-33-13-10-27-48(54)42-21-15-20-41(38-42)47-30-16-19-40-18-7-8-26-46(40)47/h1-39H. The monoisotopic (exact) mass is 793 g/mol. The highest BCUT2D eigenvalue weighted by Crippen LogP contribution is 2.60. The second kappa shape index (κ2) is 14.3. The molecule has 286 valence electrons. The lowest BCUT2D eigenvalue weighted by Gasteiger charge is -2.34. The maximum absolute atomic E-state index is 2.54. The number of hydrogen-bond acceptors (Lipinski definition) is 2. The molecule has 10 aromatic carbocycles. The highest BCUT2D eigenvalue weighted by Gasteiger charge is 2.47. The van der Waals surface area contributed by atoms with E-state index >= 15 is 0 Å². The van der Waals surface area contributed by atoms with E-state index < -0.39 is 5.41 Å². The lowest BCUT2D eigenvalue weighted by Crippen LogP contribution is -2.28. The summed E-state index contributed by atoms with van der Waals surface area (Å²) in [7, 11) is 0. The minimum absolute atomic E-state index is 0.518. The van der Waals surface area contributed by atoms with Gasteiger partial charge in [0.2, 0.25) is 0 Å². The minimum Gasteiger partial charge on any atom is -0.309 e. The van der Waals surface area contributed by atoms with Crippen molar-refractivity contribution in [1.82, 2.24) is 0 Å². The molecule has 0 bridgehead atoms. The van der Waals surface area contributed by atoms with Crippen LogP contribution in [0.15, 0.2) is 237 Å². The van der Waals surface area contributed by atoms with Gasteiger partial charge < -0.3 is 4.90 Å². The van der Waals surface area contributed by atoms with Gasteiger partial charge in [0.1, 0.15) is 0 Å². The molecule has 1 aromatic heterocycles. The fraction of sp³-hybridized carbons (Fsp3) is 0.0169. The van der Waals surface area contributed by atoms with Crippen LogP contribution in [0.25, 0.3) is 64.3 Å². The molecular weight excluding hydrogens is 755 g/mol. The van der Waals surface area contributed by atoms with Crippen LogP contribution in [0, 0.1) is 0 Å². The van der Waals surface area contributed by atoms with Crippen molar-refractivity contribution in [2.45, 2.75) is 5.41 Å². The highest BCUT2D eigenvalue weighted by atomic mass is 32.1. The Bertz CT molecular complexity index is 3390.